The van der Waals surface area contributed by atoms with Crippen LogP contribution in [0.5, 0.6) is 0 Å². The first kappa shape index (κ1) is 45.4. The van der Waals surface area contributed by atoms with Crippen LogP contribution in [0.3, 0.4) is 0 Å². The number of carbonyl (C=O) groups excluding carboxylic acids is 1. The summed E-state index contributed by atoms with van der Waals surface area (Å²) < 4.78 is 9.46. The van der Waals surface area contributed by atoms with Gasteiger partial charge < -0.3 is 30.3 Å². The van der Waals surface area contributed by atoms with Crippen LogP contribution in [0.25, 0.3) is 0 Å². The quantitative estimate of drug-likeness (QED) is 0.0921. The highest BCUT2D eigenvalue weighted by Crippen LogP contribution is 2.48. The number of hydrogen-bond donors (Lipinski definition) is 5. The largest absolute Gasteiger partial charge is 0.387 e. The average Bonchev–Trinajstić information content (AvgIpc) is 3.68. The van der Waals surface area contributed by atoms with Gasteiger partial charge in [0.15, 0.2) is 5.78 Å². The second-order valence-corrected chi connectivity index (χ2v) is 17.9. The second-order valence-electron chi connectivity index (χ2n) is 14.3. The number of aliphatic hydroxyl groups excluding tert-OH is 2. The van der Waals surface area contributed by atoms with Crippen LogP contribution in [0.2, 0.25) is 0 Å². The number of ketones is 1. The zero-order valence-corrected chi connectivity index (χ0v) is 36.4. The van der Waals surface area contributed by atoms with Crippen LogP contribution < -0.4 is 0 Å². The van der Waals surface area contributed by atoms with E-state index in [0.29, 0.717) is 11.7 Å². The molecule has 0 aromatic heterocycles. The van der Waals surface area contributed by atoms with E-state index in [9.17, 15) is 30.3 Å². The second kappa shape index (κ2) is 19.0. The molecule has 5 N–H and O–H groups in total. The summed E-state index contributed by atoms with van der Waals surface area (Å²) in [6, 6.07) is 29.7. The normalized spacial score (nSPS) is 16.1. The number of ether oxygens (including phenoxy) is 1. The first-order valence-electron chi connectivity index (χ1n) is 16.1. The molecule has 7 nitrogen and oxygen atoms in total. The van der Waals surface area contributed by atoms with E-state index in [0.717, 1.165) is 29.0 Å². The van der Waals surface area contributed by atoms with Crippen molar-refractivity contribution in [2.24, 2.45) is 0 Å². The molecule has 0 amide bonds. The molecule has 1 aliphatic heterocycles. The van der Waals surface area contributed by atoms with Crippen molar-refractivity contribution in [1.82, 2.24) is 0 Å². The smallest absolute Gasteiger partial charge is 0.193 e. The summed E-state index contributed by atoms with van der Waals surface area (Å²) in [5.41, 5.74) is -0.228. The topological polar surface area (TPSA) is 131 Å². The lowest BCUT2D eigenvalue weighted by Crippen LogP contribution is -2.30. The monoisotopic (exact) mass is 956 g/mol. The maximum absolute atomic E-state index is 11.5. The number of Topliss-reactive ketones (excluding diaryl/α,β-unsaturated/α-hetero) is 1. The average molecular weight is 960 g/mol. The van der Waals surface area contributed by atoms with E-state index in [-0.39, 0.29) is 11.4 Å². The predicted octanol–water partition coefficient (Wildman–Crippen LogP) is 10.2. The van der Waals surface area contributed by atoms with E-state index in [4.69, 9.17) is 4.74 Å². The fourth-order valence-electron chi connectivity index (χ4n) is 4.44. The molecule has 1 heterocycles. The fourth-order valence-corrected chi connectivity index (χ4v) is 5.49. The molecule has 3 unspecified atom stereocenters. The molecule has 0 saturated carbocycles. The Kier molecular flexibility index (Phi) is 16.9. The molecule has 1 aliphatic rings. The zero-order chi connectivity index (χ0) is 38.9. The van der Waals surface area contributed by atoms with Gasteiger partial charge >= 0.3 is 0 Å². The maximum Gasteiger partial charge on any atom is 0.193 e. The molecule has 4 aromatic carbocycles. The van der Waals surface area contributed by atoms with Crippen LogP contribution in [0.15, 0.2) is 115 Å². The molecule has 0 aliphatic carbocycles. The Bertz CT molecular complexity index is 1590. The summed E-state index contributed by atoms with van der Waals surface area (Å²) >= 11 is 13.3. The van der Waals surface area contributed by atoms with Crippen LogP contribution in [0.4, 0.5) is 0 Å². The minimum Gasteiger partial charge on any atom is -0.387 e. The minimum absolute atomic E-state index is 0.0494. The lowest BCUT2D eigenvalue weighted by Gasteiger charge is -2.24. The van der Waals surface area contributed by atoms with Crippen LogP contribution in [-0.4, -0.2) is 53.7 Å². The molecule has 5 rings (SSSR count). The molecular weight excluding hydrogens is 912 g/mol. The van der Waals surface area contributed by atoms with Gasteiger partial charge in [-0.2, -0.15) is 0 Å². The molecule has 1 saturated heterocycles. The lowest BCUT2D eigenvalue weighted by atomic mass is 9.95. The molecule has 0 bridgehead atoms. The number of epoxide rings is 1. The molecule has 278 valence electrons. The van der Waals surface area contributed by atoms with E-state index in [1.165, 1.54) is 19.4 Å². The van der Waals surface area contributed by atoms with Crippen molar-refractivity contribution in [2.75, 3.05) is 0 Å². The molecule has 0 radical (unpaired) electrons. The Morgan fingerprint density at radius 3 is 1.12 bits per heavy atom. The lowest BCUT2D eigenvalue weighted by molar-refractivity contribution is -0.0497. The number of aliphatic hydroxyl groups is 5. The first-order valence-corrected chi connectivity index (χ1v) is 19.3. The third kappa shape index (κ3) is 15.6. The van der Waals surface area contributed by atoms with Crippen LogP contribution >= 0.6 is 63.7 Å². The number of hydrogen-bond acceptors (Lipinski definition) is 7. The van der Waals surface area contributed by atoms with Gasteiger partial charge in [0.1, 0.15) is 23.9 Å². The highest BCUT2D eigenvalue weighted by atomic mass is 79.9. The van der Waals surface area contributed by atoms with Crippen molar-refractivity contribution >= 4 is 69.5 Å². The first-order chi connectivity index (χ1) is 23.3. The van der Waals surface area contributed by atoms with Gasteiger partial charge in [0.25, 0.3) is 0 Å². The molecule has 51 heavy (non-hydrogen) atoms. The van der Waals surface area contributed by atoms with E-state index < -0.39 is 29.0 Å². The Morgan fingerprint density at radius 1 is 0.588 bits per heavy atom. The standard InChI is InChI=1S/2C10H13BrO2.C10H11BrO2.C10H11BrO/c3*1-10(2,13)9(12)7-3-5-8(11)6-4-7;1-10(2)9(12-10)7-3-5-8(11)6-4-7/h2*3-6,9,12-13H,1-2H3;3-6,13H,1-2H3;3-6,9H,1-2H3. The molecule has 1 fully saturated rings. The summed E-state index contributed by atoms with van der Waals surface area (Å²) in [7, 11) is 0. The summed E-state index contributed by atoms with van der Waals surface area (Å²) in [6.07, 6.45) is -1.40. The Hall–Kier alpha value is -1.77. The van der Waals surface area contributed by atoms with Gasteiger partial charge in [-0.3, -0.25) is 4.79 Å². The zero-order valence-electron chi connectivity index (χ0n) is 30.0. The van der Waals surface area contributed by atoms with E-state index in [2.05, 4.69) is 89.7 Å². The number of carbonyl (C=O) groups is 1. The molecule has 11 heteroatoms. The number of rotatable bonds is 7. The number of halogens is 4. The maximum atomic E-state index is 11.5. The predicted molar refractivity (Wildman–Crippen MR) is 218 cm³/mol. The fraction of sp³-hybridized carbons (Fsp3) is 0.375. The van der Waals surface area contributed by atoms with Gasteiger partial charge in [-0.05, 0) is 121 Å². The third-order valence-corrected chi connectivity index (χ3v) is 9.66. The number of benzene rings is 4. The van der Waals surface area contributed by atoms with E-state index in [1.807, 2.05) is 36.4 Å². The van der Waals surface area contributed by atoms with Crippen LogP contribution in [0, 0.1) is 0 Å². The Labute approximate surface area is 335 Å². The highest BCUT2D eigenvalue weighted by molar-refractivity contribution is 9.11. The van der Waals surface area contributed by atoms with Crippen molar-refractivity contribution in [3.63, 3.8) is 0 Å². The molecule has 3 atom stereocenters. The summed E-state index contributed by atoms with van der Waals surface area (Å²) in [5.74, 6) is -0.264. The van der Waals surface area contributed by atoms with Crippen molar-refractivity contribution in [1.29, 1.82) is 0 Å². The van der Waals surface area contributed by atoms with Crippen molar-refractivity contribution in [2.45, 2.75) is 96.1 Å². The van der Waals surface area contributed by atoms with E-state index in [1.54, 1.807) is 76.2 Å². The molecule has 0 spiro atoms. The van der Waals surface area contributed by atoms with Crippen molar-refractivity contribution < 1.29 is 35.1 Å². The van der Waals surface area contributed by atoms with Crippen LogP contribution in [0.1, 0.15) is 101 Å². The molecule has 4 aromatic rings. The molecular formula is C40H48Br4O7. The third-order valence-electron chi connectivity index (χ3n) is 7.54. The van der Waals surface area contributed by atoms with Gasteiger partial charge in [-0.25, -0.2) is 0 Å². The van der Waals surface area contributed by atoms with Gasteiger partial charge in [0, 0.05) is 23.5 Å². The highest BCUT2D eigenvalue weighted by Gasteiger charge is 2.48. The van der Waals surface area contributed by atoms with Gasteiger partial charge in [0.2, 0.25) is 0 Å². The van der Waals surface area contributed by atoms with Crippen LogP contribution in [-0.2, 0) is 4.74 Å². The van der Waals surface area contributed by atoms with Crippen molar-refractivity contribution in [3.05, 3.63) is 137 Å². The Morgan fingerprint density at radius 2 is 0.863 bits per heavy atom. The summed E-state index contributed by atoms with van der Waals surface area (Å²) in [5, 5.41) is 47.9. The summed E-state index contributed by atoms with van der Waals surface area (Å²) in [6.45, 7) is 13.5. The summed E-state index contributed by atoms with van der Waals surface area (Å²) in [4.78, 5) is 11.5. The van der Waals surface area contributed by atoms with E-state index >= 15 is 0 Å². The van der Waals surface area contributed by atoms with Gasteiger partial charge in [-0.15, -0.1) is 0 Å². The van der Waals surface area contributed by atoms with Gasteiger partial charge in [0.05, 0.1) is 16.8 Å². The minimum atomic E-state index is -1.30. The Balaban J connectivity index is 0.000000236. The van der Waals surface area contributed by atoms with Gasteiger partial charge in [-0.1, -0.05) is 112 Å². The van der Waals surface area contributed by atoms with Crippen molar-refractivity contribution in [3.8, 4) is 0 Å². The SMILES string of the molecule is CC(C)(O)C(=O)c1ccc(Br)cc1.CC(C)(O)C(O)c1ccc(Br)cc1.CC(C)(O)C(O)c1ccc(Br)cc1.CC1(C)OC1c1ccc(Br)cc1.